The van der Waals surface area contributed by atoms with E-state index >= 15 is 0 Å². The first kappa shape index (κ1) is 17.1. The molecule has 0 aliphatic heterocycles. The standard InChI is InChI=1S/C22H33ClO/c1-13-11-19-17-6-5-15-12-16(23)7-9-21(15,3)18(17)8-10-22(19,4)20(13)14(2)24/h5,13,16-20H,6-12H2,1-4H3/t13-,16+,17-,18+,19+,20-,21+,22+/m1/s1. The Labute approximate surface area is 152 Å². The van der Waals surface area contributed by atoms with Crippen molar-refractivity contribution < 1.29 is 4.79 Å². The second kappa shape index (κ2) is 5.60. The molecule has 0 radical (unpaired) electrons. The molecule has 0 N–H and O–H groups in total. The molecule has 0 amide bonds. The minimum Gasteiger partial charge on any atom is -0.300 e. The third kappa shape index (κ3) is 2.22. The fourth-order valence-corrected chi connectivity index (χ4v) is 8.12. The summed E-state index contributed by atoms with van der Waals surface area (Å²) in [5, 5.41) is 0.350. The van der Waals surface area contributed by atoms with Crippen LogP contribution in [0.3, 0.4) is 0 Å². The van der Waals surface area contributed by atoms with Crippen molar-refractivity contribution in [1.82, 2.24) is 0 Å². The minimum atomic E-state index is 0.248. The molecule has 0 aromatic rings. The Bertz CT molecular complexity index is 581. The van der Waals surface area contributed by atoms with Crippen molar-refractivity contribution in [2.75, 3.05) is 0 Å². The van der Waals surface area contributed by atoms with E-state index in [0.29, 0.717) is 28.4 Å². The number of carbonyl (C=O) groups excluding carboxylic acids is 1. The summed E-state index contributed by atoms with van der Waals surface area (Å²) in [6.07, 6.45) is 11.2. The number of ketones is 1. The molecule has 0 saturated heterocycles. The van der Waals surface area contributed by atoms with Crippen molar-refractivity contribution in [3.05, 3.63) is 11.6 Å². The molecule has 8 atom stereocenters. The molecule has 0 spiro atoms. The zero-order valence-electron chi connectivity index (χ0n) is 15.8. The maximum atomic E-state index is 12.4. The van der Waals surface area contributed by atoms with E-state index in [1.807, 2.05) is 6.92 Å². The Kier molecular flexibility index (Phi) is 4.00. The highest BCUT2D eigenvalue weighted by molar-refractivity contribution is 6.20. The van der Waals surface area contributed by atoms with E-state index in [1.54, 1.807) is 5.57 Å². The molecule has 4 rings (SSSR count). The molecule has 24 heavy (non-hydrogen) atoms. The van der Waals surface area contributed by atoms with E-state index in [-0.39, 0.29) is 5.41 Å². The van der Waals surface area contributed by atoms with Gasteiger partial charge in [0.1, 0.15) is 5.78 Å². The highest BCUT2D eigenvalue weighted by Gasteiger charge is 2.61. The van der Waals surface area contributed by atoms with Crippen molar-refractivity contribution in [3.8, 4) is 0 Å². The van der Waals surface area contributed by atoms with Gasteiger partial charge in [-0.3, -0.25) is 4.79 Å². The second-order valence-electron chi connectivity index (χ2n) is 9.95. The van der Waals surface area contributed by atoms with Gasteiger partial charge in [0.15, 0.2) is 0 Å². The summed E-state index contributed by atoms with van der Waals surface area (Å²) in [5.41, 5.74) is 2.29. The fourth-order valence-electron chi connectivity index (χ4n) is 7.85. The number of rotatable bonds is 1. The summed E-state index contributed by atoms with van der Waals surface area (Å²) in [6.45, 7) is 9.14. The summed E-state index contributed by atoms with van der Waals surface area (Å²) in [4.78, 5) is 12.4. The summed E-state index contributed by atoms with van der Waals surface area (Å²) in [6, 6.07) is 0. The van der Waals surface area contributed by atoms with Gasteiger partial charge >= 0.3 is 0 Å². The van der Waals surface area contributed by atoms with Gasteiger partial charge in [0, 0.05) is 11.3 Å². The third-order valence-electron chi connectivity index (χ3n) is 8.82. The van der Waals surface area contributed by atoms with Crippen LogP contribution in [-0.4, -0.2) is 11.2 Å². The minimum absolute atomic E-state index is 0.248. The molecule has 0 aromatic carbocycles. The topological polar surface area (TPSA) is 17.1 Å². The molecule has 0 bridgehead atoms. The zero-order valence-corrected chi connectivity index (χ0v) is 16.5. The summed E-state index contributed by atoms with van der Waals surface area (Å²) in [5.74, 6) is 3.64. The van der Waals surface area contributed by atoms with Gasteiger partial charge in [0.05, 0.1) is 0 Å². The number of halogens is 1. The van der Waals surface area contributed by atoms with Gasteiger partial charge in [0.2, 0.25) is 0 Å². The quantitative estimate of drug-likeness (QED) is 0.419. The molecule has 0 unspecified atom stereocenters. The van der Waals surface area contributed by atoms with Gasteiger partial charge < -0.3 is 0 Å². The molecule has 4 aliphatic rings. The van der Waals surface area contributed by atoms with E-state index < -0.39 is 0 Å². The lowest BCUT2D eigenvalue weighted by molar-refractivity contribution is -0.128. The van der Waals surface area contributed by atoms with Crippen molar-refractivity contribution in [2.24, 2.45) is 40.4 Å². The summed E-state index contributed by atoms with van der Waals surface area (Å²) in [7, 11) is 0. The molecule has 0 aromatic heterocycles. The third-order valence-corrected chi connectivity index (χ3v) is 9.20. The van der Waals surface area contributed by atoms with Crippen LogP contribution in [0, 0.1) is 40.4 Å². The molecular weight excluding hydrogens is 316 g/mol. The Morgan fingerprint density at radius 2 is 1.96 bits per heavy atom. The predicted octanol–water partition coefficient (Wildman–Crippen LogP) is 6.01. The Hall–Kier alpha value is -0.300. The molecule has 0 heterocycles. The van der Waals surface area contributed by atoms with Crippen LogP contribution in [-0.2, 0) is 4.79 Å². The first-order chi connectivity index (χ1) is 11.3. The lowest BCUT2D eigenvalue weighted by atomic mass is 9.47. The molecule has 3 saturated carbocycles. The van der Waals surface area contributed by atoms with E-state index in [2.05, 4.69) is 26.8 Å². The van der Waals surface area contributed by atoms with E-state index in [4.69, 9.17) is 11.6 Å². The zero-order chi connectivity index (χ0) is 17.3. The van der Waals surface area contributed by atoms with Gasteiger partial charge in [-0.2, -0.15) is 0 Å². The average Bonchev–Trinajstić information content (AvgIpc) is 2.78. The van der Waals surface area contributed by atoms with Gasteiger partial charge in [-0.15, -0.1) is 11.6 Å². The Morgan fingerprint density at radius 1 is 1.21 bits per heavy atom. The van der Waals surface area contributed by atoms with Gasteiger partial charge in [-0.25, -0.2) is 0 Å². The average molecular weight is 349 g/mol. The molecule has 3 fully saturated rings. The van der Waals surface area contributed by atoms with Crippen molar-refractivity contribution in [3.63, 3.8) is 0 Å². The number of hydrogen-bond donors (Lipinski definition) is 0. The van der Waals surface area contributed by atoms with Crippen molar-refractivity contribution in [1.29, 1.82) is 0 Å². The van der Waals surface area contributed by atoms with Crippen LogP contribution in [0.15, 0.2) is 11.6 Å². The number of hydrogen-bond acceptors (Lipinski definition) is 1. The van der Waals surface area contributed by atoms with Crippen LogP contribution < -0.4 is 0 Å². The normalized spacial score (nSPS) is 53.6. The molecule has 134 valence electrons. The monoisotopic (exact) mass is 348 g/mol. The van der Waals surface area contributed by atoms with Crippen LogP contribution in [0.2, 0.25) is 0 Å². The number of allylic oxidation sites excluding steroid dienone is 2. The van der Waals surface area contributed by atoms with Crippen LogP contribution in [0.5, 0.6) is 0 Å². The Balaban J connectivity index is 1.68. The smallest absolute Gasteiger partial charge is 0.133 e. The maximum absolute atomic E-state index is 12.4. The highest BCUT2D eigenvalue weighted by Crippen LogP contribution is 2.67. The largest absolute Gasteiger partial charge is 0.300 e. The maximum Gasteiger partial charge on any atom is 0.133 e. The van der Waals surface area contributed by atoms with Crippen LogP contribution in [0.1, 0.15) is 72.6 Å². The molecule has 4 aliphatic carbocycles. The van der Waals surface area contributed by atoms with Crippen LogP contribution in [0.4, 0.5) is 0 Å². The number of alkyl halides is 1. The number of Topliss-reactive ketones (excluding diaryl/α,β-unsaturated/α-hetero) is 1. The predicted molar refractivity (Wildman–Crippen MR) is 100 cm³/mol. The second-order valence-corrected chi connectivity index (χ2v) is 10.6. The lowest BCUT2D eigenvalue weighted by Gasteiger charge is -2.57. The van der Waals surface area contributed by atoms with E-state index in [1.165, 1.54) is 38.5 Å². The van der Waals surface area contributed by atoms with E-state index in [0.717, 1.165) is 24.2 Å². The van der Waals surface area contributed by atoms with Crippen molar-refractivity contribution >= 4 is 17.4 Å². The molecule has 2 heteroatoms. The van der Waals surface area contributed by atoms with E-state index in [9.17, 15) is 4.79 Å². The van der Waals surface area contributed by atoms with Crippen molar-refractivity contribution in [2.45, 2.75) is 78.0 Å². The molecular formula is C22H33ClO. The number of fused-ring (bicyclic) bond motifs is 5. The number of carbonyl (C=O) groups is 1. The first-order valence-electron chi connectivity index (χ1n) is 10.1. The fraction of sp³-hybridized carbons (Fsp3) is 0.864. The SMILES string of the molecule is CC(=O)[C@H]1[C@H](C)C[C@H]2[C@@H]3CC=C4C[C@@H](Cl)CC[C@]4(C)[C@H]3CC[C@@]21C. The summed E-state index contributed by atoms with van der Waals surface area (Å²) < 4.78 is 0. The van der Waals surface area contributed by atoms with Crippen LogP contribution >= 0.6 is 11.6 Å². The first-order valence-corrected chi connectivity index (χ1v) is 10.5. The van der Waals surface area contributed by atoms with Gasteiger partial charge in [-0.1, -0.05) is 32.4 Å². The lowest BCUT2D eigenvalue weighted by Crippen LogP contribution is -2.50. The van der Waals surface area contributed by atoms with Gasteiger partial charge in [-0.05, 0) is 86.4 Å². The Morgan fingerprint density at radius 3 is 2.67 bits per heavy atom. The highest BCUT2D eigenvalue weighted by atomic mass is 35.5. The van der Waals surface area contributed by atoms with Gasteiger partial charge in [0.25, 0.3) is 0 Å². The summed E-state index contributed by atoms with van der Waals surface area (Å²) >= 11 is 6.48. The van der Waals surface area contributed by atoms with Crippen LogP contribution in [0.25, 0.3) is 0 Å². The molecule has 1 nitrogen and oxygen atoms in total.